The molecule has 9 nitrogen and oxygen atoms in total. The van der Waals surface area contributed by atoms with E-state index in [1.807, 2.05) is 0 Å². The van der Waals surface area contributed by atoms with E-state index in [1.54, 1.807) is 55.5 Å². The molecule has 1 aliphatic heterocycles. The van der Waals surface area contributed by atoms with Crippen LogP contribution >= 0.6 is 11.8 Å². The number of benzene rings is 2. The van der Waals surface area contributed by atoms with Crippen LogP contribution in [0.2, 0.25) is 0 Å². The number of methoxy groups -OCH3 is 1. The van der Waals surface area contributed by atoms with E-state index >= 15 is 0 Å². The summed E-state index contributed by atoms with van der Waals surface area (Å²) in [5, 5.41) is 19.6. The Hall–Kier alpha value is -4.05. The Balaban J connectivity index is 1.97. The van der Waals surface area contributed by atoms with Crippen LogP contribution in [0, 0.1) is 0 Å². The number of aliphatic imine (C=N–C) groups is 1. The molecule has 0 radical (unpaired) electrons. The number of carboxylic acid groups (broad SMARTS) is 1. The second-order valence-corrected chi connectivity index (χ2v) is 7.77. The maximum atomic E-state index is 12.6. The van der Waals surface area contributed by atoms with Gasteiger partial charge >= 0.3 is 11.9 Å². The van der Waals surface area contributed by atoms with Gasteiger partial charge in [-0.3, -0.25) is 4.79 Å². The minimum Gasteiger partial charge on any atom is -0.506 e. The summed E-state index contributed by atoms with van der Waals surface area (Å²) in [5.41, 5.74) is 0.695. The first-order chi connectivity index (χ1) is 16.3. The highest BCUT2D eigenvalue weighted by atomic mass is 32.2. The predicted molar refractivity (Wildman–Crippen MR) is 126 cm³/mol. The van der Waals surface area contributed by atoms with E-state index in [9.17, 15) is 19.5 Å². The number of thioether (sulfide) groups is 1. The second kappa shape index (κ2) is 11.2. The van der Waals surface area contributed by atoms with Crippen molar-refractivity contribution in [2.24, 2.45) is 4.99 Å². The number of rotatable bonds is 8. The van der Waals surface area contributed by atoms with Crippen LogP contribution in [-0.4, -0.2) is 53.4 Å². The van der Waals surface area contributed by atoms with Crippen LogP contribution < -0.4 is 9.47 Å². The number of amides is 1. The monoisotopic (exact) mass is 483 g/mol. The topological polar surface area (TPSA) is 132 Å². The highest BCUT2D eigenvalue weighted by Crippen LogP contribution is 2.40. The van der Waals surface area contributed by atoms with Gasteiger partial charge in [0.25, 0.3) is 5.91 Å². The van der Waals surface area contributed by atoms with E-state index < -0.39 is 24.5 Å². The van der Waals surface area contributed by atoms with Crippen molar-refractivity contribution in [2.75, 3.05) is 20.3 Å². The Morgan fingerprint density at radius 3 is 2.47 bits per heavy atom. The molecule has 1 heterocycles. The normalized spacial score (nSPS) is 15.5. The maximum absolute atomic E-state index is 12.6. The third kappa shape index (κ3) is 5.84. The zero-order valence-electron chi connectivity index (χ0n) is 18.3. The molecule has 2 N–H and O–H groups in total. The first kappa shape index (κ1) is 24.6. The van der Waals surface area contributed by atoms with Gasteiger partial charge in [0.15, 0.2) is 18.1 Å². The number of carbonyl (C=O) groups excluding carboxylic acids is 2. The fourth-order valence-electron chi connectivity index (χ4n) is 2.91. The molecule has 1 amide bonds. The molecular formula is C24H21NO8S. The second-order valence-electron chi connectivity index (χ2n) is 6.74. The lowest BCUT2D eigenvalue weighted by molar-refractivity contribution is -0.139. The molecule has 0 unspecified atom stereocenters. The van der Waals surface area contributed by atoms with E-state index in [0.717, 1.165) is 11.8 Å². The molecule has 3 rings (SSSR count). The average Bonchev–Trinajstić information content (AvgIpc) is 3.12. The van der Waals surface area contributed by atoms with Gasteiger partial charge in [0.05, 0.1) is 18.6 Å². The molecule has 176 valence electrons. The van der Waals surface area contributed by atoms with Gasteiger partial charge in [-0.2, -0.15) is 0 Å². The number of esters is 1. The summed E-state index contributed by atoms with van der Waals surface area (Å²) < 4.78 is 15.5. The molecule has 0 bridgehead atoms. The Morgan fingerprint density at radius 1 is 1.09 bits per heavy atom. The van der Waals surface area contributed by atoms with Crippen molar-refractivity contribution in [3.63, 3.8) is 0 Å². The summed E-state index contributed by atoms with van der Waals surface area (Å²) >= 11 is 0.946. The van der Waals surface area contributed by atoms with Crippen LogP contribution in [0.25, 0.3) is 6.08 Å². The van der Waals surface area contributed by atoms with Crippen molar-refractivity contribution in [1.82, 2.24) is 0 Å². The number of ether oxygens (including phenoxy) is 3. The van der Waals surface area contributed by atoms with Crippen molar-refractivity contribution in [1.29, 1.82) is 0 Å². The first-order valence-corrected chi connectivity index (χ1v) is 10.9. The van der Waals surface area contributed by atoms with Crippen LogP contribution in [0.15, 0.2) is 69.8 Å². The molecule has 0 spiro atoms. The zero-order valence-corrected chi connectivity index (χ0v) is 19.1. The molecule has 10 heteroatoms. The molecule has 0 aromatic heterocycles. The van der Waals surface area contributed by atoms with Gasteiger partial charge in [-0.05, 0) is 42.8 Å². The van der Waals surface area contributed by atoms with Gasteiger partial charge in [-0.15, -0.1) is 0 Å². The van der Waals surface area contributed by atoms with E-state index in [0.29, 0.717) is 11.1 Å². The molecule has 0 saturated heterocycles. The summed E-state index contributed by atoms with van der Waals surface area (Å²) in [5.74, 6) is -2.36. The molecular weight excluding hydrogens is 462 g/mol. The van der Waals surface area contributed by atoms with Crippen LogP contribution in [-0.2, 0) is 14.3 Å². The van der Waals surface area contributed by atoms with Gasteiger partial charge in [-0.1, -0.05) is 36.0 Å². The standard InChI is InChI=1S/C24H21NO8S/c1-3-32-24(30)20-21(28)18(34-23(20)25-22(29)15-7-5-4-6-8-15)12-14-9-10-16(17(11-14)31-2)33-13-19(26)27/h4-12,28H,3,13H2,1-2H3,(H,26,27)/b18-12-,25-23?. The predicted octanol–water partition coefficient (Wildman–Crippen LogP) is 3.86. The van der Waals surface area contributed by atoms with Gasteiger partial charge in [0.2, 0.25) is 0 Å². The van der Waals surface area contributed by atoms with Crippen LogP contribution in [0.3, 0.4) is 0 Å². The maximum Gasteiger partial charge on any atom is 0.344 e. The highest BCUT2D eigenvalue weighted by Gasteiger charge is 2.34. The lowest BCUT2D eigenvalue weighted by Crippen LogP contribution is -2.14. The van der Waals surface area contributed by atoms with Crippen molar-refractivity contribution in [3.05, 3.63) is 75.9 Å². The Kier molecular flexibility index (Phi) is 8.10. The SMILES string of the molecule is CCOC(=O)C1=C(O)/C(=C/c2ccc(OCC(=O)O)c(OC)c2)SC1=NC(=O)c1ccccc1. The summed E-state index contributed by atoms with van der Waals surface area (Å²) in [6.07, 6.45) is 1.57. The largest absolute Gasteiger partial charge is 0.506 e. The van der Waals surface area contributed by atoms with Crippen molar-refractivity contribution in [2.45, 2.75) is 6.92 Å². The van der Waals surface area contributed by atoms with Crippen molar-refractivity contribution < 1.29 is 38.8 Å². The number of carboxylic acids is 1. The molecule has 2 aromatic rings. The van der Waals surface area contributed by atoms with Crippen LogP contribution in [0.4, 0.5) is 0 Å². The summed E-state index contributed by atoms with van der Waals surface area (Å²) in [7, 11) is 1.40. The van der Waals surface area contributed by atoms with E-state index in [4.69, 9.17) is 19.3 Å². The number of hydrogen-bond acceptors (Lipinski definition) is 8. The average molecular weight is 483 g/mol. The van der Waals surface area contributed by atoms with E-state index in [-0.39, 0.29) is 39.4 Å². The van der Waals surface area contributed by atoms with Gasteiger partial charge < -0.3 is 24.4 Å². The Labute approximate surface area is 199 Å². The quantitative estimate of drug-likeness (QED) is 0.537. The van der Waals surface area contributed by atoms with Gasteiger partial charge in [0, 0.05) is 5.56 Å². The summed E-state index contributed by atoms with van der Waals surface area (Å²) in [6, 6.07) is 13.1. The smallest absolute Gasteiger partial charge is 0.344 e. The number of carbonyl (C=O) groups is 3. The summed E-state index contributed by atoms with van der Waals surface area (Å²) in [4.78, 5) is 40.1. The van der Waals surface area contributed by atoms with Crippen LogP contribution in [0.5, 0.6) is 11.5 Å². The number of hydrogen-bond donors (Lipinski definition) is 2. The third-order valence-electron chi connectivity index (χ3n) is 4.43. The van der Waals surface area contributed by atoms with Crippen molar-refractivity contribution in [3.8, 4) is 11.5 Å². The Morgan fingerprint density at radius 2 is 1.82 bits per heavy atom. The minimum atomic E-state index is -1.13. The van der Waals surface area contributed by atoms with E-state index in [1.165, 1.54) is 13.2 Å². The van der Waals surface area contributed by atoms with Crippen molar-refractivity contribution >= 4 is 40.7 Å². The van der Waals surface area contributed by atoms with Crippen LogP contribution in [0.1, 0.15) is 22.8 Å². The lowest BCUT2D eigenvalue weighted by Gasteiger charge is -2.10. The number of aliphatic carboxylic acids is 1. The minimum absolute atomic E-state index is 0.0180. The fraction of sp³-hybridized carbons (Fsp3) is 0.167. The number of aliphatic hydroxyl groups excluding tert-OH is 1. The number of nitrogens with zero attached hydrogens (tertiary/aromatic N) is 1. The molecule has 0 saturated carbocycles. The molecule has 1 aliphatic rings. The molecule has 34 heavy (non-hydrogen) atoms. The molecule has 2 aromatic carbocycles. The molecule has 0 aliphatic carbocycles. The molecule has 0 fully saturated rings. The molecule has 0 atom stereocenters. The third-order valence-corrected chi connectivity index (χ3v) is 5.45. The zero-order chi connectivity index (χ0) is 24.7. The summed E-state index contributed by atoms with van der Waals surface area (Å²) in [6.45, 7) is 1.17. The fourth-order valence-corrected chi connectivity index (χ4v) is 3.93. The van der Waals surface area contributed by atoms with Gasteiger partial charge in [0.1, 0.15) is 16.4 Å². The lowest BCUT2D eigenvalue weighted by atomic mass is 10.1. The number of aliphatic hydroxyl groups is 1. The van der Waals surface area contributed by atoms with E-state index in [2.05, 4.69) is 4.99 Å². The van der Waals surface area contributed by atoms with Gasteiger partial charge in [-0.25, -0.2) is 14.6 Å². The Bertz CT molecular complexity index is 1200. The highest BCUT2D eigenvalue weighted by molar-refractivity contribution is 8.18. The first-order valence-electron chi connectivity index (χ1n) is 10.0.